The van der Waals surface area contributed by atoms with Gasteiger partial charge in [0.15, 0.2) is 5.58 Å². The predicted molar refractivity (Wildman–Crippen MR) is 191 cm³/mol. The molecule has 1 saturated heterocycles. The van der Waals surface area contributed by atoms with Gasteiger partial charge in [-0.15, -0.1) is 0 Å². The van der Waals surface area contributed by atoms with Crippen LogP contribution in [0, 0.1) is 5.92 Å². The highest BCUT2D eigenvalue weighted by Gasteiger charge is 2.44. The molecular formula is C36H48ClN5O7S. The van der Waals surface area contributed by atoms with E-state index in [0.717, 1.165) is 37.5 Å². The Bertz CT molecular complexity index is 1680. The van der Waals surface area contributed by atoms with Crippen LogP contribution < -0.4 is 15.8 Å². The monoisotopic (exact) mass is 729 g/mol. The van der Waals surface area contributed by atoms with Crippen molar-refractivity contribution in [2.75, 3.05) is 19.3 Å². The maximum Gasteiger partial charge on any atom is 0.266 e. The fourth-order valence-corrected chi connectivity index (χ4v) is 7.79. The van der Waals surface area contributed by atoms with Gasteiger partial charge in [-0.3, -0.25) is 14.4 Å². The van der Waals surface area contributed by atoms with Crippen LogP contribution in [0.25, 0.3) is 11.1 Å². The lowest BCUT2D eigenvalue weighted by molar-refractivity contribution is -0.140. The topological polar surface area (TPSA) is 174 Å². The van der Waals surface area contributed by atoms with E-state index in [1.54, 1.807) is 36.4 Å². The van der Waals surface area contributed by atoms with E-state index in [-0.39, 0.29) is 31.9 Å². The largest absolute Gasteiger partial charge is 0.434 e. The van der Waals surface area contributed by atoms with Crippen LogP contribution in [-0.4, -0.2) is 79.5 Å². The highest BCUT2D eigenvalue weighted by atomic mass is 35.5. The van der Waals surface area contributed by atoms with Crippen molar-refractivity contribution in [3.8, 4) is 0 Å². The Morgan fingerprint density at radius 3 is 2.48 bits per heavy atom. The fourth-order valence-electron chi connectivity index (χ4n) is 6.93. The number of unbranched alkanes of at least 4 members (excludes halogenated alkanes) is 1. The number of hydrogen-bond acceptors (Lipinski definition) is 9. The number of Topliss-reactive ketones (excluding diaryl/α,β-unsaturated/α-hetero) is 1. The minimum Gasteiger partial charge on any atom is -0.434 e. The zero-order valence-electron chi connectivity index (χ0n) is 28.5. The lowest BCUT2D eigenvalue weighted by Crippen LogP contribution is -2.55. The van der Waals surface area contributed by atoms with E-state index in [0.29, 0.717) is 54.3 Å². The van der Waals surface area contributed by atoms with Crippen molar-refractivity contribution in [1.29, 1.82) is 0 Å². The molecule has 1 aliphatic carbocycles. The molecule has 2 aromatic carbocycles. The summed E-state index contributed by atoms with van der Waals surface area (Å²) in [5.74, 6) is -1.21. The molecule has 1 aliphatic heterocycles. The Morgan fingerprint density at radius 1 is 1.04 bits per heavy atom. The summed E-state index contributed by atoms with van der Waals surface area (Å²) >= 11 is 6.04. The van der Waals surface area contributed by atoms with E-state index in [4.69, 9.17) is 26.5 Å². The van der Waals surface area contributed by atoms with Crippen molar-refractivity contribution in [2.24, 2.45) is 11.7 Å². The van der Waals surface area contributed by atoms with Crippen LogP contribution in [0.3, 0.4) is 0 Å². The van der Waals surface area contributed by atoms with E-state index in [2.05, 4.69) is 15.0 Å². The molecule has 14 heteroatoms. The molecule has 0 unspecified atom stereocenters. The number of amides is 2. The van der Waals surface area contributed by atoms with E-state index >= 15 is 0 Å². The summed E-state index contributed by atoms with van der Waals surface area (Å²) in [6, 6.07) is 11.2. The molecule has 50 heavy (non-hydrogen) atoms. The zero-order chi connectivity index (χ0) is 35.7. The third-order valence-corrected chi connectivity index (χ3v) is 10.5. The third-order valence-electron chi connectivity index (χ3n) is 9.57. The second-order valence-electron chi connectivity index (χ2n) is 13.5. The summed E-state index contributed by atoms with van der Waals surface area (Å²) in [7, 11) is -3.75. The number of para-hydroxylation sites is 2. The maximum atomic E-state index is 14.3. The van der Waals surface area contributed by atoms with Gasteiger partial charge in [0.1, 0.15) is 17.6 Å². The average molecular weight is 730 g/mol. The molecule has 5 rings (SSSR count). The zero-order valence-corrected chi connectivity index (χ0v) is 30.1. The first-order valence-electron chi connectivity index (χ1n) is 17.5. The Hall–Kier alpha value is -3.36. The minimum absolute atomic E-state index is 0.0762. The fraction of sp³-hybridized carbons (Fsp3) is 0.556. The number of fused-ring (bicyclic) bond motifs is 1. The Kier molecular flexibility index (Phi) is 13.4. The minimum atomic E-state index is -3.75. The smallest absolute Gasteiger partial charge is 0.266 e. The SMILES string of the molecule is CS(=O)(=O)N[C@H](CCC1CCCCC1)C(=O)N1C[C@H](OCc2ccc(Cl)cc2)C[C@H]1C(=O)N[C@@H](CCCCN)C(=O)c1nc2ccccc2o1. The summed E-state index contributed by atoms with van der Waals surface area (Å²) in [6.45, 7) is 0.723. The Morgan fingerprint density at radius 2 is 1.78 bits per heavy atom. The van der Waals surface area contributed by atoms with Gasteiger partial charge in [-0.25, -0.2) is 18.1 Å². The molecule has 2 heterocycles. The van der Waals surface area contributed by atoms with Crippen LogP contribution in [0.2, 0.25) is 5.02 Å². The van der Waals surface area contributed by atoms with Crippen molar-refractivity contribution in [2.45, 2.75) is 101 Å². The van der Waals surface area contributed by atoms with Gasteiger partial charge < -0.3 is 25.1 Å². The second kappa shape index (κ2) is 17.7. The van der Waals surface area contributed by atoms with Gasteiger partial charge in [0.05, 0.1) is 25.0 Å². The first-order valence-corrected chi connectivity index (χ1v) is 19.8. The molecular weight excluding hydrogens is 682 g/mol. The van der Waals surface area contributed by atoms with Crippen molar-refractivity contribution >= 4 is 50.3 Å². The number of nitrogens with two attached hydrogens (primary N) is 1. The van der Waals surface area contributed by atoms with Crippen LogP contribution in [0.5, 0.6) is 0 Å². The van der Waals surface area contributed by atoms with Gasteiger partial charge in [0.25, 0.3) is 5.89 Å². The molecule has 2 aliphatic rings. The van der Waals surface area contributed by atoms with Gasteiger partial charge in [0, 0.05) is 18.0 Å². The number of sulfonamides is 1. The van der Waals surface area contributed by atoms with Crippen molar-refractivity contribution in [1.82, 2.24) is 19.9 Å². The highest BCUT2D eigenvalue weighted by molar-refractivity contribution is 7.88. The number of aromatic nitrogens is 1. The summed E-state index contributed by atoms with van der Waals surface area (Å²) < 4.78 is 39.4. The van der Waals surface area contributed by atoms with Crippen molar-refractivity contribution in [3.05, 3.63) is 65.0 Å². The maximum absolute atomic E-state index is 14.3. The van der Waals surface area contributed by atoms with Crippen molar-refractivity contribution < 1.29 is 32.0 Å². The Labute approximate surface area is 298 Å². The first-order chi connectivity index (χ1) is 24.0. The number of hydrogen-bond donors (Lipinski definition) is 3. The molecule has 12 nitrogen and oxygen atoms in total. The van der Waals surface area contributed by atoms with Crippen LogP contribution in [0.15, 0.2) is 52.9 Å². The third kappa shape index (κ3) is 10.6. The Balaban J connectivity index is 1.37. The van der Waals surface area contributed by atoms with Gasteiger partial charge in [0.2, 0.25) is 27.6 Å². The summed E-state index contributed by atoms with van der Waals surface area (Å²) in [5, 5.41) is 3.48. The number of carbonyl (C=O) groups excluding carboxylic acids is 3. The number of nitrogens with one attached hydrogen (secondary N) is 2. The molecule has 1 aromatic heterocycles. The number of halogens is 1. The summed E-state index contributed by atoms with van der Waals surface area (Å²) in [4.78, 5) is 47.9. The molecule has 0 radical (unpaired) electrons. The van der Waals surface area contributed by atoms with Crippen LogP contribution >= 0.6 is 11.6 Å². The van der Waals surface area contributed by atoms with E-state index in [1.807, 2.05) is 12.1 Å². The molecule has 4 atom stereocenters. The number of nitrogens with zero attached hydrogens (tertiary/aromatic N) is 2. The molecule has 0 spiro atoms. The van der Waals surface area contributed by atoms with Gasteiger partial charge in [-0.1, -0.05) is 68.0 Å². The highest BCUT2D eigenvalue weighted by Crippen LogP contribution is 2.30. The second-order valence-corrected chi connectivity index (χ2v) is 15.7. The molecule has 272 valence electrons. The van der Waals surface area contributed by atoms with Gasteiger partial charge in [-0.2, -0.15) is 0 Å². The van der Waals surface area contributed by atoms with E-state index in [9.17, 15) is 22.8 Å². The number of ether oxygens (including phenoxy) is 1. The quantitative estimate of drug-likeness (QED) is 0.131. The van der Waals surface area contributed by atoms with Crippen molar-refractivity contribution in [3.63, 3.8) is 0 Å². The lowest BCUT2D eigenvalue weighted by atomic mass is 9.85. The van der Waals surface area contributed by atoms with Gasteiger partial charge >= 0.3 is 0 Å². The normalized spacial score (nSPS) is 19.8. The average Bonchev–Trinajstić information content (AvgIpc) is 3.74. The molecule has 0 bridgehead atoms. The lowest BCUT2D eigenvalue weighted by Gasteiger charge is -2.30. The van der Waals surface area contributed by atoms with Gasteiger partial charge in [-0.05, 0) is 74.4 Å². The van der Waals surface area contributed by atoms with Crippen LogP contribution in [0.1, 0.15) is 86.9 Å². The van der Waals surface area contributed by atoms with E-state index in [1.165, 1.54) is 11.3 Å². The number of ketones is 1. The number of benzene rings is 2. The predicted octanol–water partition coefficient (Wildman–Crippen LogP) is 4.74. The van der Waals surface area contributed by atoms with Crippen LogP contribution in [0.4, 0.5) is 0 Å². The van der Waals surface area contributed by atoms with Crippen LogP contribution in [-0.2, 0) is 31.0 Å². The summed E-state index contributed by atoms with van der Waals surface area (Å²) in [6.07, 6.45) is 8.71. The number of rotatable bonds is 17. The standard InChI is InChI=1S/C36H48ClN5O7S/c1-50(46,47)41-30(19-16-24-9-3-2-4-10-24)36(45)42-22-27(48-23-25-14-17-26(37)18-15-25)21-31(42)34(44)39-29(12-7-8-20-38)33(43)35-40-28-11-5-6-13-32(28)49-35/h5-6,11,13-15,17-18,24,27,29-31,41H,2-4,7-10,12,16,19-23,38H2,1H3,(H,39,44)/t27-,29+,30-,31+/m1/s1. The molecule has 4 N–H and O–H groups in total. The molecule has 1 saturated carbocycles. The number of likely N-dealkylation sites (tertiary alicyclic amines) is 1. The number of carbonyl (C=O) groups is 3. The number of oxazole rings is 1. The summed E-state index contributed by atoms with van der Waals surface area (Å²) in [5.41, 5.74) is 7.57. The first kappa shape index (κ1) is 37.9. The molecule has 3 aromatic rings. The van der Waals surface area contributed by atoms with E-state index < -0.39 is 51.9 Å². The molecule has 2 fully saturated rings. The molecule has 2 amide bonds.